The predicted molar refractivity (Wildman–Crippen MR) is 127 cm³/mol. The highest BCUT2D eigenvalue weighted by Gasteiger charge is 2.32. The molecule has 0 rings (SSSR count). The Morgan fingerprint density at radius 2 is 1.79 bits per heavy atom. The van der Waals surface area contributed by atoms with E-state index in [4.69, 9.17) is 27.3 Å². The largest absolute Gasteiger partial charge is 0.480 e. The number of rotatable bonds is 12. The van der Waals surface area contributed by atoms with Gasteiger partial charge in [0.2, 0.25) is 0 Å². The second kappa shape index (κ2) is 16.1. The van der Waals surface area contributed by atoms with Crippen LogP contribution in [0.2, 0.25) is 0 Å². The Morgan fingerprint density at radius 3 is 2.21 bits per heavy atom. The van der Waals surface area contributed by atoms with Gasteiger partial charge >= 0.3 is 11.9 Å². The number of carboxylic acid groups (broad SMARTS) is 1. The first-order chi connectivity index (χ1) is 13.3. The van der Waals surface area contributed by atoms with E-state index in [9.17, 15) is 9.59 Å². The van der Waals surface area contributed by atoms with Crippen LogP contribution in [0.15, 0.2) is 12.7 Å². The summed E-state index contributed by atoms with van der Waals surface area (Å²) in [5.41, 5.74) is 0. The van der Waals surface area contributed by atoms with Crippen LogP contribution >= 0.6 is 35.7 Å². The van der Waals surface area contributed by atoms with Gasteiger partial charge in [-0.1, -0.05) is 75.4 Å². The Labute approximate surface area is 189 Å². The molecule has 0 aromatic rings. The van der Waals surface area contributed by atoms with Crippen LogP contribution in [0.25, 0.3) is 0 Å². The summed E-state index contributed by atoms with van der Waals surface area (Å²) in [7, 11) is 0. The van der Waals surface area contributed by atoms with Crippen molar-refractivity contribution in [1.82, 2.24) is 0 Å². The van der Waals surface area contributed by atoms with Gasteiger partial charge in [-0.15, -0.1) is 0 Å². The van der Waals surface area contributed by atoms with E-state index in [1.54, 1.807) is 13.8 Å². The molecular formula is C20H36O6S3. The minimum absolute atomic E-state index is 0.131. The molecule has 0 fully saturated rings. The van der Waals surface area contributed by atoms with Gasteiger partial charge in [0, 0.05) is 10.8 Å². The van der Waals surface area contributed by atoms with Crippen molar-refractivity contribution in [2.75, 3.05) is 13.2 Å². The van der Waals surface area contributed by atoms with Gasteiger partial charge in [-0.2, -0.15) is 0 Å². The van der Waals surface area contributed by atoms with Crippen LogP contribution in [0.1, 0.15) is 67.2 Å². The quantitative estimate of drug-likeness (QED) is 0.121. The lowest BCUT2D eigenvalue weighted by atomic mass is 10.0. The van der Waals surface area contributed by atoms with Crippen molar-refractivity contribution in [3.05, 3.63) is 12.7 Å². The van der Waals surface area contributed by atoms with Crippen LogP contribution in [-0.2, 0) is 19.2 Å². The lowest BCUT2D eigenvalue weighted by Crippen LogP contribution is -2.29. The van der Waals surface area contributed by atoms with Crippen molar-refractivity contribution in [3.8, 4) is 0 Å². The van der Waals surface area contributed by atoms with Crippen LogP contribution in [0.5, 0.6) is 0 Å². The van der Waals surface area contributed by atoms with E-state index >= 15 is 0 Å². The third-order valence-corrected chi connectivity index (χ3v) is 6.49. The summed E-state index contributed by atoms with van der Waals surface area (Å²) in [5, 5.41) is 17.3. The molecule has 2 N–H and O–H groups in total. The fraction of sp³-hybridized carbons (Fsp3) is 0.750. The molecule has 29 heavy (non-hydrogen) atoms. The van der Waals surface area contributed by atoms with Crippen LogP contribution in [0.4, 0.5) is 0 Å². The van der Waals surface area contributed by atoms with E-state index in [1.807, 2.05) is 13.8 Å². The lowest BCUT2D eigenvalue weighted by Gasteiger charge is -2.24. The number of carbonyl (C=O) groups is 2. The molecule has 170 valence electrons. The van der Waals surface area contributed by atoms with E-state index in [0.29, 0.717) is 16.1 Å². The van der Waals surface area contributed by atoms with E-state index in [-0.39, 0.29) is 17.3 Å². The highest BCUT2D eigenvalue weighted by atomic mass is 32.2. The Hall–Kier alpha value is -0.610. The summed E-state index contributed by atoms with van der Waals surface area (Å²) in [4.78, 5) is 25.7. The number of unbranched alkanes of at least 4 members (excludes halogenated alkanes) is 1. The number of esters is 1. The standard InChI is InChI=1S/C11H20O2.C9H16O4S3/c1-4-7-8-10(5-2)9-13-11(12)6-3;1-8(2,5-13-12)15-7(14)16-9(3,4)6(10)11/h6,10H,3-5,7-9H2,1-2H3;12H,5H2,1-4H3,(H,10,11). The molecule has 0 radical (unpaired) electrons. The average molecular weight is 469 g/mol. The summed E-state index contributed by atoms with van der Waals surface area (Å²) < 4.78 is 4.18. The molecule has 0 heterocycles. The first kappa shape index (κ1) is 30.6. The maximum atomic E-state index is 10.9. The summed E-state index contributed by atoms with van der Waals surface area (Å²) in [6.45, 7) is 15.2. The molecule has 0 aliphatic carbocycles. The number of carbonyl (C=O) groups excluding carboxylic acids is 1. The first-order valence-electron chi connectivity index (χ1n) is 9.56. The van der Waals surface area contributed by atoms with E-state index in [1.165, 1.54) is 30.7 Å². The second-order valence-corrected chi connectivity index (χ2v) is 12.1. The minimum atomic E-state index is -0.944. The van der Waals surface area contributed by atoms with Gasteiger partial charge in [-0.05, 0) is 40.0 Å². The number of ether oxygens (including phenoxy) is 1. The molecule has 1 unspecified atom stereocenters. The fourth-order valence-electron chi connectivity index (χ4n) is 1.84. The number of hydrogen-bond donors (Lipinski definition) is 2. The molecule has 0 aromatic carbocycles. The molecule has 0 aromatic heterocycles. The maximum Gasteiger partial charge on any atom is 0.330 e. The van der Waals surface area contributed by atoms with Crippen molar-refractivity contribution >= 4 is 51.2 Å². The van der Waals surface area contributed by atoms with Gasteiger partial charge in [-0.3, -0.25) is 10.1 Å². The third-order valence-electron chi connectivity index (χ3n) is 3.80. The molecule has 0 aliphatic heterocycles. The molecule has 0 aliphatic rings. The zero-order valence-corrected chi connectivity index (χ0v) is 20.8. The van der Waals surface area contributed by atoms with Gasteiger partial charge < -0.3 is 9.84 Å². The molecule has 0 bridgehead atoms. The average Bonchev–Trinajstić information content (AvgIpc) is 2.60. The molecule has 0 saturated carbocycles. The first-order valence-corrected chi connectivity index (χ1v) is 11.6. The summed E-state index contributed by atoms with van der Waals surface area (Å²) in [6, 6.07) is 0. The Kier molecular flexibility index (Phi) is 17.0. The fourth-order valence-corrected chi connectivity index (χ4v) is 5.68. The number of thioether (sulfide) groups is 2. The van der Waals surface area contributed by atoms with Crippen LogP contribution in [0.3, 0.4) is 0 Å². The minimum Gasteiger partial charge on any atom is -0.480 e. The monoisotopic (exact) mass is 468 g/mol. The Morgan fingerprint density at radius 1 is 1.21 bits per heavy atom. The molecule has 6 nitrogen and oxygen atoms in total. The lowest BCUT2D eigenvalue weighted by molar-refractivity contribution is -0.245. The van der Waals surface area contributed by atoms with Gasteiger partial charge in [-0.25, -0.2) is 9.68 Å². The van der Waals surface area contributed by atoms with Crippen molar-refractivity contribution in [2.45, 2.75) is 76.7 Å². The van der Waals surface area contributed by atoms with Crippen molar-refractivity contribution < 1.29 is 29.6 Å². The molecule has 0 saturated heterocycles. The smallest absolute Gasteiger partial charge is 0.330 e. The van der Waals surface area contributed by atoms with E-state index in [2.05, 4.69) is 25.3 Å². The van der Waals surface area contributed by atoms with Gasteiger partial charge in [0.05, 0.1) is 13.2 Å². The highest BCUT2D eigenvalue weighted by molar-refractivity contribution is 8.48. The van der Waals surface area contributed by atoms with Crippen LogP contribution < -0.4 is 0 Å². The van der Waals surface area contributed by atoms with Gasteiger partial charge in [0.1, 0.15) is 8.28 Å². The molecule has 0 spiro atoms. The summed E-state index contributed by atoms with van der Waals surface area (Å²) in [5.74, 6) is -0.699. The zero-order valence-electron chi connectivity index (χ0n) is 18.4. The van der Waals surface area contributed by atoms with Gasteiger partial charge in [0.25, 0.3) is 0 Å². The van der Waals surface area contributed by atoms with Crippen molar-refractivity contribution in [3.63, 3.8) is 0 Å². The SMILES string of the molecule is C=CC(=O)OCC(CC)CCCC.CC(C)(COO)SC(=S)SC(C)(C)C(=O)O. The Balaban J connectivity index is 0. The number of thiocarbonyl (C=S) groups is 1. The second-order valence-electron chi connectivity index (χ2n) is 7.55. The molecular weight excluding hydrogens is 432 g/mol. The molecule has 1 atom stereocenters. The number of aliphatic carboxylic acids is 1. The maximum absolute atomic E-state index is 10.9. The van der Waals surface area contributed by atoms with E-state index < -0.39 is 10.7 Å². The van der Waals surface area contributed by atoms with Gasteiger partial charge in [0.15, 0.2) is 0 Å². The van der Waals surface area contributed by atoms with E-state index in [0.717, 1.165) is 24.6 Å². The van der Waals surface area contributed by atoms with Crippen molar-refractivity contribution in [2.24, 2.45) is 5.92 Å². The number of carboxylic acids is 1. The normalized spacial score (nSPS) is 12.4. The summed E-state index contributed by atoms with van der Waals surface area (Å²) >= 11 is 7.55. The topological polar surface area (TPSA) is 93.1 Å². The predicted octanol–water partition coefficient (Wildman–Crippen LogP) is 5.80. The molecule has 9 heteroatoms. The van der Waals surface area contributed by atoms with Crippen molar-refractivity contribution in [1.29, 1.82) is 0 Å². The van der Waals surface area contributed by atoms with Crippen LogP contribution in [0, 0.1) is 5.92 Å². The summed E-state index contributed by atoms with van der Waals surface area (Å²) in [6.07, 6.45) is 5.85. The number of hydrogen-bond acceptors (Lipinski definition) is 8. The highest BCUT2D eigenvalue weighted by Crippen LogP contribution is 2.36. The Bertz CT molecular complexity index is 520. The zero-order chi connectivity index (χ0) is 23.1. The molecule has 0 amide bonds. The van der Waals surface area contributed by atoms with Crippen LogP contribution in [-0.4, -0.2) is 48.5 Å². The third kappa shape index (κ3) is 16.8.